The maximum Gasteiger partial charge on any atom is 0.123 e. The van der Waals surface area contributed by atoms with Gasteiger partial charge in [0.05, 0.1) is 16.8 Å². The number of thiophene rings is 1. The lowest BCUT2D eigenvalue weighted by molar-refractivity contribution is 0.412. The van der Waals surface area contributed by atoms with E-state index in [0.717, 1.165) is 26.4 Å². The molecule has 0 saturated heterocycles. The molecule has 1 heterocycles. The van der Waals surface area contributed by atoms with Crippen molar-refractivity contribution in [1.82, 2.24) is 0 Å². The molecule has 13 heavy (non-hydrogen) atoms. The van der Waals surface area contributed by atoms with Gasteiger partial charge in [0.2, 0.25) is 0 Å². The molecule has 3 heteroatoms. The van der Waals surface area contributed by atoms with Crippen LogP contribution >= 0.6 is 22.9 Å². The molecule has 0 N–H and O–H groups in total. The van der Waals surface area contributed by atoms with E-state index in [2.05, 4.69) is 0 Å². The molecule has 0 bridgehead atoms. The molecule has 0 aliphatic carbocycles. The Morgan fingerprint density at radius 3 is 2.92 bits per heavy atom. The number of halogens is 1. The molecule has 0 spiro atoms. The Balaban J connectivity index is 2.83. The summed E-state index contributed by atoms with van der Waals surface area (Å²) in [6.07, 6.45) is 0. The maximum atomic E-state index is 6.18. The van der Waals surface area contributed by atoms with Crippen LogP contribution < -0.4 is 4.74 Å². The zero-order chi connectivity index (χ0) is 9.42. The fourth-order valence-corrected chi connectivity index (χ4v) is 2.56. The fourth-order valence-electron chi connectivity index (χ4n) is 1.35. The van der Waals surface area contributed by atoms with Crippen LogP contribution in [0.5, 0.6) is 5.75 Å². The van der Waals surface area contributed by atoms with Crippen LogP contribution in [0.4, 0.5) is 0 Å². The summed E-state index contributed by atoms with van der Waals surface area (Å²) in [6, 6.07) is 4.07. The number of methoxy groups -OCH3 is 1. The first-order chi connectivity index (χ1) is 6.24. The topological polar surface area (TPSA) is 9.23 Å². The van der Waals surface area contributed by atoms with E-state index in [4.69, 9.17) is 16.3 Å². The van der Waals surface area contributed by atoms with Crippen molar-refractivity contribution < 1.29 is 4.74 Å². The van der Waals surface area contributed by atoms with Crippen molar-refractivity contribution in [3.63, 3.8) is 0 Å². The lowest BCUT2D eigenvalue weighted by Gasteiger charge is -2.06. The second kappa shape index (κ2) is 3.20. The number of benzene rings is 1. The molecule has 0 aliphatic rings. The monoisotopic (exact) mass is 212 g/mol. The minimum Gasteiger partial charge on any atom is -0.496 e. The zero-order valence-corrected chi connectivity index (χ0v) is 9.00. The van der Waals surface area contributed by atoms with Crippen LogP contribution in [0.15, 0.2) is 17.5 Å². The smallest absolute Gasteiger partial charge is 0.123 e. The van der Waals surface area contributed by atoms with Crippen LogP contribution in [0.2, 0.25) is 5.02 Å². The molecule has 68 valence electrons. The summed E-state index contributed by atoms with van der Waals surface area (Å²) in [4.78, 5) is 0. The largest absolute Gasteiger partial charge is 0.496 e. The summed E-state index contributed by atoms with van der Waals surface area (Å²) in [5.74, 6) is 0.857. The van der Waals surface area contributed by atoms with Crippen molar-refractivity contribution in [2.45, 2.75) is 6.92 Å². The van der Waals surface area contributed by atoms with Crippen molar-refractivity contribution in [2.75, 3.05) is 7.11 Å². The Morgan fingerprint density at radius 1 is 1.46 bits per heavy atom. The Labute approximate surface area is 85.9 Å². The minimum atomic E-state index is 0.810. The van der Waals surface area contributed by atoms with E-state index in [1.807, 2.05) is 24.4 Å². The molecule has 1 aromatic heterocycles. The Morgan fingerprint density at radius 2 is 2.23 bits per heavy atom. The highest BCUT2D eigenvalue weighted by Gasteiger charge is 2.08. The van der Waals surface area contributed by atoms with Gasteiger partial charge in [-0.1, -0.05) is 11.6 Å². The van der Waals surface area contributed by atoms with Gasteiger partial charge in [-0.15, -0.1) is 11.3 Å². The van der Waals surface area contributed by atoms with Crippen molar-refractivity contribution >= 4 is 33.0 Å². The molecule has 0 fully saturated rings. The van der Waals surface area contributed by atoms with Crippen LogP contribution in [0, 0.1) is 6.92 Å². The first kappa shape index (κ1) is 8.85. The van der Waals surface area contributed by atoms with Gasteiger partial charge in [-0.2, -0.15) is 0 Å². The van der Waals surface area contributed by atoms with E-state index in [1.165, 1.54) is 0 Å². The van der Waals surface area contributed by atoms with Crippen LogP contribution in [0.25, 0.3) is 10.1 Å². The number of ether oxygens (including phenoxy) is 1. The zero-order valence-electron chi connectivity index (χ0n) is 7.43. The maximum absolute atomic E-state index is 6.18. The van der Waals surface area contributed by atoms with E-state index < -0.39 is 0 Å². The van der Waals surface area contributed by atoms with Crippen LogP contribution in [-0.4, -0.2) is 7.11 Å². The lowest BCUT2D eigenvalue weighted by atomic mass is 10.2. The molecule has 2 rings (SSSR count). The van der Waals surface area contributed by atoms with Crippen molar-refractivity contribution in [3.8, 4) is 5.75 Å². The predicted octanol–water partition coefficient (Wildman–Crippen LogP) is 3.87. The standard InChI is InChI=1S/C10H9ClOS/c1-6-8(12-2)5-7-3-4-13-10(7)9(6)11/h3-5H,1-2H3. The highest BCUT2D eigenvalue weighted by Crippen LogP contribution is 2.36. The quantitative estimate of drug-likeness (QED) is 0.697. The van der Waals surface area contributed by atoms with Crippen LogP contribution in [0.1, 0.15) is 5.56 Å². The fraction of sp³-hybridized carbons (Fsp3) is 0.200. The molecular weight excluding hydrogens is 204 g/mol. The predicted molar refractivity (Wildman–Crippen MR) is 58.1 cm³/mol. The molecule has 1 nitrogen and oxygen atoms in total. The third kappa shape index (κ3) is 1.30. The van der Waals surface area contributed by atoms with Crippen molar-refractivity contribution in [2.24, 2.45) is 0 Å². The number of hydrogen-bond acceptors (Lipinski definition) is 2. The minimum absolute atomic E-state index is 0.810. The van der Waals surface area contributed by atoms with Gasteiger partial charge in [-0.3, -0.25) is 0 Å². The van der Waals surface area contributed by atoms with Crippen molar-refractivity contribution in [1.29, 1.82) is 0 Å². The van der Waals surface area contributed by atoms with Gasteiger partial charge >= 0.3 is 0 Å². The molecule has 2 aromatic rings. The second-order valence-electron chi connectivity index (χ2n) is 2.86. The first-order valence-electron chi connectivity index (χ1n) is 3.94. The Kier molecular flexibility index (Phi) is 2.18. The third-order valence-electron chi connectivity index (χ3n) is 2.10. The molecule has 1 aromatic carbocycles. The van der Waals surface area contributed by atoms with E-state index in [-0.39, 0.29) is 0 Å². The van der Waals surface area contributed by atoms with E-state index in [1.54, 1.807) is 18.4 Å². The van der Waals surface area contributed by atoms with Gasteiger partial charge in [0.15, 0.2) is 0 Å². The summed E-state index contributed by atoms with van der Waals surface area (Å²) in [5.41, 5.74) is 1.01. The van der Waals surface area contributed by atoms with Gasteiger partial charge in [0.25, 0.3) is 0 Å². The Bertz CT molecular complexity index is 447. The average Bonchev–Trinajstić information content (AvgIpc) is 2.59. The number of hydrogen-bond donors (Lipinski definition) is 0. The van der Waals surface area contributed by atoms with Crippen LogP contribution in [0.3, 0.4) is 0 Å². The summed E-state index contributed by atoms with van der Waals surface area (Å²) in [7, 11) is 1.66. The third-order valence-corrected chi connectivity index (χ3v) is 3.63. The average molecular weight is 213 g/mol. The molecule has 0 unspecified atom stereocenters. The molecule has 0 atom stereocenters. The number of rotatable bonds is 1. The highest BCUT2D eigenvalue weighted by atomic mass is 35.5. The summed E-state index contributed by atoms with van der Waals surface area (Å²) >= 11 is 7.84. The van der Waals surface area contributed by atoms with Gasteiger partial charge in [-0.05, 0) is 29.8 Å². The second-order valence-corrected chi connectivity index (χ2v) is 4.15. The summed E-state index contributed by atoms with van der Waals surface area (Å²) < 4.78 is 6.36. The summed E-state index contributed by atoms with van der Waals surface area (Å²) in [5, 5.41) is 4.00. The molecule has 0 saturated carbocycles. The van der Waals surface area contributed by atoms with E-state index in [0.29, 0.717) is 0 Å². The van der Waals surface area contributed by atoms with Gasteiger partial charge in [0, 0.05) is 5.56 Å². The van der Waals surface area contributed by atoms with Gasteiger partial charge in [-0.25, -0.2) is 0 Å². The van der Waals surface area contributed by atoms with Crippen molar-refractivity contribution in [3.05, 3.63) is 28.1 Å². The van der Waals surface area contributed by atoms with Gasteiger partial charge < -0.3 is 4.74 Å². The molecule has 0 amide bonds. The van der Waals surface area contributed by atoms with Gasteiger partial charge in [0.1, 0.15) is 5.75 Å². The normalized spacial score (nSPS) is 10.7. The van der Waals surface area contributed by atoms with Crippen LogP contribution in [-0.2, 0) is 0 Å². The first-order valence-corrected chi connectivity index (χ1v) is 5.20. The summed E-state index contributed by atoms with van der Waals surface area (Å²) in [6.45, 7) is 1.97. The molecule has 0 radical (unpaired) electrons. The lowest BCUT2D eigenvalue weighted by Crippen LogP contribution is -1.87. The SMILES string of the molecule is COc1cc2ccsc2c(Cl)c1C. The molecular formula is C10H9ClOS. The number of fused-ring (bicyclic) bond motifs is 1. The Hall–Kier alpha value is -0.730. The highest BCUT2D eigenvalue weighted by molar-refractivity contribution is 7.17. The van der Waals surface area contributed by atoms with E-state index in [9.17, 15) is 0 Å². The molecule has 0 aliphatic heterocycles. The van der Waals surface area contributed by atoms with E-state index >= 15 is 0 Å².